The van der Waals surface area contributed by atoms with Crippen molar-refractivity contribution in [1.29, 1.82) is 0 Å². The van der Waals surface area contributed by atoms with Gasteiger partial charge in [-0.1, -0.05) is 6.08 Å². The molecule has 0 aromatic carbocycles. The monoisotopic (exact) mass is 277 g/mol. The summed E-state index contributed by atoms with van der Waals surface area (Å²) in [5, 5.41) is 13.1. The molecule has 1 aromatic rings. The summed E-state index contributed by atoms with van der Waals surface area (Å²) in [5.41, 5.74) is 0.759. The summed E-state index contributed by atoms with van der Waals surface area (Å²) in [4.78, 5) is 23.2. The molecule has 0 bridgehead atoms. The van der Waals surface area contributed by atoms with Crippen LogP contribution in [0.2, 0.25) is 0 Å². The minimum atomic E-state index is -0.458. The lowest BCUT2D eigenvalue weighted by Crippen LogP contribution is -2.52. The molecule has 1 aliphatic rings. The average molecular weight is 277 g/mol. The van der Waals surface area contributed by atoms with Gasteiger partial charge in [0.1, 0.15) is 5.82 Å². The molecule has 2 amide bonds. The average Bonchev–Trinajstić information content (AvgIpc) is 2.69. The number of hydrogen-bond acceptors (Lipinski definition) is 4. The number of allylic oxidation sites excluding steroid dienone is 1. The molecular weight excluding hydrogens is 258 g/mol. The molecular formula is C13H19N5O2. The lowest BCUT2D eigenvalue weighted by atomic mass is 10.2. The Morgan fingerprint density at radius 3 is 3.00 bits per heavy atom. The largest absolute Gasteiger partial charge is 0.322 e. The van der Waals surface area contributed by atoms with E-state index in [4.69, 9.17) is 0 Å². The van der Waals surface area contributed by atoms with Crippen molar-refractivity contribution in [3.05, 3.63) is 23.9 Å². The molecule has 2 unspecified atom stereocenters. The van der Waals surface area contributed by atoms with E-state index in [1.165, 1.54) is 6.08 Å². The van der Waals surface area contributed by atoms with Crippen LogP contribution in [-0.2, 0) is 9.59 Å². The van der Waals surface area contributed by atoms with Crippen molar-refractivity contribution in [2.24, 2.45) is 0 Å². The minimum absolute atomic E-state index is 0.0415. The second-order valence-electron chi connectivity index (χ2n) is 4.85. The molecule has 2 heterocycles. The van der Waals surface area contributed by atoms with Crippen LogP contribution in [0, 0.1) is 6.92 Å². The highest BCUT2D eigenvalue weighted by Crippen LogP contribution is 2.17. The summed E-state index contributed by atoms with van der Waals surface area (Å²) in [5.74, 6) is 0.265. The molecule has 0 saturated carbocycles. The first-order valence-corrected chi connectivity index (χ1v) is 6.55. The highest BCUT2D eigenvalue weighted by Gasteiger charge is 2.26. The number of anilines is 1. The number of nitrogens with one attached hydrogen (secondary N) is 3. The second-order valence-corrected chi connectivity index (χ2v) is 4.85. The molecule has 2 atom stereocenters. The van der Waals surface area contributed by atoms with Gasteiger partial charge < -0.3 is 10.6 Å². The van der Waals surface area contributed by atoms with Crippen molar-refractivity contribution in [3.63, 3.8) is 0 Å². The van der Waals surface area contributed by atoms with Crippen molar-refractivity contribution in [1.82, 2.24) is 20.4 Å². The number of amides is 2. The molecule has 0 spiro atoms. The summed E-state index contributed by atoms with van der Waals surface area (Å²) in [6.07, 6.45) is 3.06. The van der Waals surface area contributed by atoms with Crippen LogP contribution in [-0.4, -0.2) is 27.6 Å². The lowest BCUT2D eigenvalue weighted by molar-refractivity contribution is -0.125. The Hall–Kier alpha value is -2.15. The van der Waals surface area contributed by atoms with Gasteiger partial charge >= 0.3 is 0 Å². The predicted molar refractivity (Wildman–Crippen MR) is 74.8 cm³/mol. The van der Waals surface area contributed by atoms with E-state index < -0.39 is 6.29 Å². The van der Waals surface area contributed by atoms with Crippen LogP contribution in [0.25, 0.3) is 0 Å². The third-order valence-electron chi connectivity index (χ3n) is 2.90. The van der Waals surface area contributed by atoms with Gasteiger partial charge in [-0.3, -0.25) is 14.9 Å². The van der Waals surface area contributed by atoms with Gasteiger partial charge in [0.05, 0.1) is 5.69 Å². The van der Waals surface area contributed by atoms with Gasteiger partial charge in [0.15, 0.2) is 6.29 Å². The third-order valence-corrected chi connectivity index (χ3v) is 2.90. The van der Waals surface area contributed by atoms with Crippen LogP contribution in [0.1, 0.15) is 32.3 Å². The number of hydrogen-bond donors (Lipinski definition) is 3. The minimum Gasteiger partial charge on any atom is -0.322 e. The number of aryl methyl sites for hydroxylation is 1. The quantitative estimate of drug-likeness (QED) is 0.708. The summed E-state index contributed by atoms with van der Waals surface area (Å²) in [7, 11) is 0. The number of aromatic nitrogens is 2. The molecule has 2 rings (SSSR count). The number of nitrogens with zero attached hydrogens (tertiary/aromatic N) is 2. The van der Waals surface area contributed by atoms with Gasteiger partial charge in [0.2, 0.25) is 11.8 Å². The van der Waals surface area contributed by atoms with Crippen LogP contribution in [0.15, 0.2) is 18.2 Å². The van der Waals surface area contributed by atoms with Crippen LogP contribution in [0.4, 0.5) is 5.82 Å². The number of carbonyl (C=O) groups is 2. The summed E-state index contributed by atoms with van der Waals surface area (Å²) in [6.45, 7) is 5.53. The molecule has 3 N–H and O–H groups in total. The van der Waals surface area contributed by atoms with Gasteiger partial charge in [-0.15, -0.1) is 0 Å². The van der Waals surface area contributed by atoms with Crippen molar-refractivity contribution < 1.29 is 9.59 Å². The molecule has 7 nitrogen and oxygen atoms in total. The fourth-order valence-electron chi connectivity index (χ4n) is 2.12. The summed E-state index contributed by atoms with van der Waals surface area (Å²) >= 11 is 0. The fraction of sp³-hybridized carbons (Fsp3) is 0.462. The molecule has 0 radical (unpaired) electrons. The van der Waals surface area contributed by atoms with Crippen LogP contribution >= 0.6 is 0 Å². The Morgan fingerprint density at radius 2 is 2.35 bits per heavy atom. The molecule has 20 heavy (non-hydrogen) atoms. The number of carbonyl (C=O) groups excluding carboxylic acids is 2. The highest BCUT2D eigenvalue weighted by molar-refractivity contribution is 5.98. The normalized spacial score (nSPS) is 22.9. The van der Waals surface area contributed by atoms with Gasteiger partial charge in [0, 0.05) is 18.5 Å². The molecule has 7 heteroatoms. The summed E-state index contributed by atoms with van der Waals surface area (Å²) < 4.78 is 1.57. The van der Waals surface area contributed by atoms with Gasteiger partial charge in [-0.05, 0) is 26.8 Å². The first-order valence-electron chi connectivity index (χ1n) is 6.55. The molecule has 1 aliphatic heterocycles. The maximum Gasteiger partial charge on any atom is 0.249 e. The van der Waals surface area contributed by atoms with Crippen LogP contribution in [0.5, 0.6) is 0 Å². The zero-order valence-electron chi connectivity index (χ0n) is 11.8. The Labute approximate surface area is 117 Å². The molecule has 1 aromatic heterocycles. The van der Waals surface area contributed by atoms with E-state index in [0.29, 0.717) is 12.2 Å². The fourth-order valence-corrected chi connectivity index (χ4v) is 2.12. The predicted octanol–water partition coefficient (Wildman–Crippen LogP) is 0.660. The Morgan fingerprint density at radius 1 is 1.60 bits per heavy atom. The molecule has 0 aliphatic carbocycles. The Kier molecular flexibility index (Phi) is 4.19. The van der Waals surface area contributed by atoms with Crippen molar-refractivity contribution in [2.45, 2.75) is 39.5 Å². The first kappa shape index (κ1) is 14.3. The van der Waals surface area contributed by atoms with E-state index in [-0.39, 0.29) is 17.9 Å². The first-order chi connectivity index (χ1) is 9.49. The Bertz CT molecular complexity index is 549. The van der Waals surface area contributed by atoms with E-state index >= 15 is 0 Å². The van der Waals surface area contributed by atoms with E-state index in [0.717, 1.165) is 5.69 Å². The van der Waals surface area contributed by atoms with E-state index in [1.807, 2.05) is 13.8 Å². The van der Waals surface area contributed by atoms with Gasteiger partial charge in [-0.25, -0.2) is 4.68 Å². The standard InChI is InChI=1S/C13H19N5O2/c1-4-5-11(19)15-10-6-9(3)17-18(10)13-14-8(2)7-12(20)16-13/h4-6,8,13-14H,7H2,1-3H3,(H,15,19)(H,16,20)/b5-4+. The topological polar surface area (TPSA) is 88.1 Å². The third kappa shape index (κ3) is 3.24. The van der Waals surface area contributed by atoms with Crippen molar-refractivity contribution in [3.8, 4) is 0 Å². The maximum absolute atomic E-state index is 11.6. The van der Waals surface area contributed by atoms with E-state index in [2.05, 4.69) is 21.0 Å². The van der Waals surface area contributed by atoms with Crippen LogP contribution in [0.3, 0.4) is 0 Å². The smallest absolute Gasteiger partial charge is 0.249 e. The maximum atomic E-state index is 11.6. The Balaban J connectivity index is 2.22. The molecule has 1 saturated heterocycles. The number of rotatable bonds is 3. The second kappa shape index (κ2) is 5.87. The van der Waals surface area contributed by atoms with E-state index in [9.17, 15) is 9.59 Å². The van der Waals surface area contributed by atoms with Gasteiger partial charge in [0.25, 0.3) is 0 Å². The SMILES string of the molecule is C/C=C/C(=O)Nc1cc(C)nn1C1NC(=O)CC(C)N1. The summed E-state index contributed by atoms with van der Waals surface area (Å²) in [6, 6.07) is 1.81. The lowest BCUT2D eigenvalue weighted by Gasteiger charge is -2.30. The zero-order chi connectivity index (χ0) is 14.7. The zero-order valence-corrected chi connectivity index (χ0v) is 11.8. The molecule has 1 fully saturated rings. The van der Waals surface area contributed by atoms with Crippen molar-refractivity contribution in [2.75, 3.05) is 5.32 Å². The van der Waals surface area contributed by atoms with Crippen LogP contribution < -0.4 is 16.0 Å². The van der Waals surface area contributed by atoms with Crippen molar-refractivity contribution >= 4 is 17.6 Å². The van der Waals surface area contributed by atoms with E-state index in [1.54, 1.807) is 23.7 Å². The highest BCUT2D eigenvalue weighted by atomic mass is 16.2. The molecule has 108 valence electrons. The van der Waals surface area contributed by atoms with Gasteiger partial charge in [-0.2, -0.15) is 5.10 Å².